The molecule has 0 unspecified atom stereocenters. The zero-order valence-electron chi connectivity index (χ0n) is 18.1. The molecule has 8 nitrogen and oxygen atoms in total. The lowest BCUT2D eigenvalue weighted by Gasteiger charge is -2.32. The lowest BCUT2D eigenvalue weighted by Crippen LogP contribution is -2.47. The third-order valence-corrected chi connectivity index (χ3v) is 5.97. The Morgan fingerprint density at radius 1 is 1.26 bits per heavy atom. The van der Waals surface area contributed by atoms with Crippen molar-refractivity contribution in [3.05, 3.63) is 58.7 Å². The Kier molecular flexibility index (Phi) is 6.44. The molecular weight excluding hydrogens is 469 g/mol. The molecule has 0 radical (unpaired) electrons. The van der Waals surface area contributed by atoms with Crippen molar-refractivity contribution < 1.29 is 46.2 Å². The summed E-state index contributed by atoms with van der Waals surface area (Å²) in [6.45, 7) is 1.90. The van der Waals surface area contributed by atoms with Gasteiger partial charge in [-0.2, -0.15) is 22.3 Å². The molecule has 34 heavy (non-hydrogen) atoms. The van der Waals surface area contributed by atoms with Gasteiger partial charge in [-0.3, -0.25) is 9.59 Å². The lowest BCUT2D eigenvalue weighted by molar-refractivity contribution is -0.272. The van der Waals surface area contributed by atoms with Crippen molar-refractivity contribution in [1.29, 1.82) is 0 Å². The molecule has 2 aromatic rings. The number of carbonyl (C=O) groups excluding carboxylic acids is 2. The Morgan fingerprint density at radius 2 is 1.91 bits per heavy atom. The molecule has 0 saturated carbocycles. The Balaban J connectivity index is 2.18. The molecule has 3 N–H and O–H groups in total. The van der Waals surface area contributed by atoms with Crippen LogP contribution in [0.15, 0.2) is 35.5 Å². The number of primary amides is 1. The molecule has 1 saturated heterocycles. The number of aromatic nitrogens is 1. The van der Waals surface area contributed by atoms with E-state index in [4.69, 9.17) is 15.2 Å². The molecule has 1 fully saturated rings. The summed E-state index contributed by atoms with van der Waals surface area (Å²) in [5.74, 6) is -8.53. The van der Waals surface area contributed by atoms with E-state index in [0.717, 1.165) is 45.4 Å². The molecule has 1 aromatic heterocycles. The zero-order valence-corrected chi connectivity index (χ0v) is 18.1. The van der Waals surface area contributed by atoms with Gasteiger partial charge in [-0.15, -0.1) is 0 Å². The van der Waals surface area contributed by atoms with Gasteiger partial charge in [0.15, 0.2) is 17.2 Å². The van der Waals surface area contributed by atoms with Crippen LogP contribution in [0.2, 0.25) is 0 Å². The van der Waals surface area contributed by atoms with Crippen LogP contribution in [-0.4, -0.2) is 46.7 Å². The third-order valence-electron chi connectivity index (χ3n) is 5.97. The van der Waals surface area contributed by atoms with E-state index in [-0.39, 0.29) is 10.9 Å². The number of amides is 2. The standard InChI is InChI=1S/C21H20F5N3O5/c1-9-14(11-4-5-12(22)15(23)16(11)33-3)17(34-20(9,2)21(24,25)26)19(31)28-10-6-7-29(32)13(8-10)18(27)30/h4-9,14,17,32H,1-3H3,(H2,27,30)/t9-,14+,17-,20-/m1/s1. The summed E-state index contributed by atoms with van der Waals surface area (Å²) in [7, 11) is 1.01. The molecule has 13 heteroatoms. The molecule has 1 aliphatic rings. The minimum atomic E-state index is -4.93. The number of ether oxygens (including phenoxy) is 2. The van der Waals surface area contributed by atoms with E-state index < -0.39 is 64.6 Å². The highest BCUT2D eigenvalue weighted by molar-refractivity contribution is 5.91. The van der Waals surface area contributed by atoms with E-state index in [9.17, 15) is 36.7 Å². The maximum atomic E-state index is 14.4. The van der Waals surface area contributed by atoms with Crippen molar-refractivity contribution in [1.82, 2.24) is 4.73 Å². The molecule has 1 aromatic carbocycles. The minimum Gasteiger partial charge on any atom is -0.493 e. The lowest BCUT2D eigenvalue weighted by atomic mass is 9.77. The molecular formula is C21H20F5N3O5. The third kappa shape index (κ3) is 4.11. The predicted octanol–water partition coefficient (Wildman–Crippen LogP) is 2.68. The van der Waals surface area contributed by atoms with Gasteiger partial charge in [0.25, 0.3) is 11.8 Å². The minimum absolute atomic E-state index is 0.211. The molecule has 184 valence electrons. The van der Waals surface area contributed by atoms with Crippen molar-refractivity contribution in [2.45, 2.75) is 37.6 Å². The molecule has 1 aliphatic heterocycles. The second-order valence-electron chi connectivity index (χ2n) is 7.87. The van der Waals surface area contributed by atoms with Crippen molar-refractivity contribution in [3.63, 3.8) is 0 Å². The van der Waals surface area contributed by atoms with Crippen molar-refractivity contribution in [2.75, 3.05) is 7.11 Å². The van der Waals surface area contributed by atoms with Crippen LogP contribution in [0.25, 0.3) is 0 Å². The summed E-state index contributed by atoms with van der Waals surface area (Å²) >= 11 is 0. The maximum absolute atomic E-state index is 14.4. The fourth-order valence-corrected chi connectivity index (χ4v) is 3.95. The summed E-state index contributed by atoms with van der Waals surface area (Å²) in [6, 6.07) is 3.76. The number of alkyl halides is 3. The van der Waals surface area contributed by atoms with Crippen LogP contribution in [-0.2, 0) is 9.53 Å². The van der Waals surface area contributed by atoms with E-state index in [1.165, 1.54) is 0 Å². The van der Waals surface area contributed by atoms with Gasteiger partial charge in [-0.05, 0) is 25.1 Å². The number of halogens is 5. The number of carbonyl (C=O) groups is 2. The van der Waals surface area contributed by atoms with Crippen molar-refractivity contribution >= 4 is 11.8 Å². The van der Waals surface area contributed by atoms with Crippen molar-refractivity contribution in [3.8, 4) is 5.75 Å². The van der Waals surface area contributed by atoms with Crippen LogP contribution in [0.1, 0.15) is 35.8 Å². The highest BCUT2D eigenvalue weighted by Crippen LogP contribution is 2.55. The smallest absolute Gasteiger partial charge is 0.417 e. The number of nitrogens with two attached hydrogens (primary N) is 1. The molecule has 0 bridgehead atoms. The highest BCUT2D eigenvalue weighted by atomic mass is 19.4. The number of methoxy groups -OCH3 is 1. The van der Waals surface area contributed by atoms with Crippen LogP contribution in [0.5, 0.6) is 5.75 Å². The van der Waals surface area contributed by atoms with E-state index in [1.54, 1.807) is 0 Å². The van der Waals surface area contributed by atoms with Crippen molar-refractivity contribution in [2.24, 2.45) is 16.6 Å². The molecule has 3 rings (SSSR count). The Hall–Kier alpha value is -3.48. The predicted molar refractivity (Wildman–Crippen MR) is 105 cm³/mol. The molecule has 2 amide bonds. The van der Waals surface area contributed by atoms with Gasteiger partial charge in [0.1, 0.15) is 11.8 Å². The van der Waals surface area contributed by atoms with Gasteiger partial charge in [0, 0.05) is 23.6 Å². The normalized spacial score (nSPS) is 25.4. The Labute approximate surface area is 189 Å². The zero-order chi connectivity index (χ0) is 25.6. The fraction of sp³-hybridized carbons (Fsp3) is 0.381. The molecule has 4 atom stereocenters. The van der Waals surface area contributed by atoms with Gasteiger partial charge in [-0.1, -0.05) is 13.0 Å². The molecule has 2 heterocycles. The van der Waals surface area contributed by atoms with Gasteiger partial charge < -0.3 is 20.4 Å². The average Bonchev–Trinajstić information content (AvgIpc) is 3.03. The summed E-state index contributed by atoms with van der Waals surface area (Å²) in [5.41, 5.74) is 1.61. The van der Waals surface area contributed by atoms with E-state index in [2.05, 4.69) is 4.99 Å². The average molecular weight is 489 g/mol. The highest BCUT2D eigenvalue weighted by Gasteiger charge is 2.65. The second kappa shape index (κ2) is 8.70. The van der Waals surface area contributed by atoms with Crippen LogP contribution >= 0.6 is 0 Å². The van der Waals surface area contributed by atoms with E-state index in [1.807, 2.05) is 0 Å². The number of rotatable bonds is 4. The number of benzene rings is 1. The first-order valence-electron chi connectivity index (χ1n) is 9.79. The second-order valence-corrected chi connectivity index (χ2v) is 7.87. The Bertz CT molecular complexity index is 1210. The number of pyridine rings is 1. The number of nitrogens with zero attached hydrogens (tertiary/aromatic N) is 2. The van der Waals surface area contributed by atoms with Gasteiger partial charge in [-0.25, -0.2) is 9.38 Å². The van der Waals surface area contributed by atoms with Gasteiger partial charge >= 0.3 is 6.18 Å². The quantitative estimate of drug-likeness (QED) is 0.506. The largest absolute Gasteiger partial charge is 0.493 e. The molecule has 0 spiro atoms. The summed E-state index contributed by atoms with van der Waals surface area (Å²) in [5, 5.41) is 9.39. The van der Waals surface area contributed by atoms with Crippen LogP contribution in [0.3, 0.4) is 0 Å². The van der Waals surface area contributed by atoms with Crippen LogP contribution in [0.4, 0.5) is 22.0 Å². The number of hydrogen-bond acceptors (Lipinski definition) is 5. The fourth-order valence-electron chi connectivity index (χ4n) is 3.95. The van der Waals surface area contributed by atoms with Crippen LogP contribution in [0, 0.1) is 17.6 Å². The summed E-state index contributed by atoms with van der Waals surface area (Å²) in [6.07, 6.45) is -5.86. The first-order chi connectivity index (χ1) is 15.7. The summed E-state index contributed by atoms with van der Waals surface area (Å²) in [4.78, 5) is 28.1. The first kappa shape index (κ1) is 25.1. The van der Waals surface area contributed by atoms with Gasteiger partial charge in [0.05, 0.1) is 12.5 Å². The molecule has 0 aliphatic carbocycles. The Morgan fingerprint density at radius 3 is 2.47 bits per heavy atom. The van der Waals surface area contributed by atoms with E-state index in [0.29, 0.717) is 10.8 Å². The first-order valence-corrected chi connectivity index (χ1v) is 9.79. The van der Waals surface area contributed by atoms with Gasteiger partial charge in [0.2, 0.25) is 5.82 Å². The monoisotopic (exact) mass is 489 g/mol. The topological polar surface area (TPSA) is 116 Å². The maximum Gasteiger partial charge on any atom is 0.417 e. The SMILES string of the molecule is COc1c([C@@H]2[C@@H](C)[C@](C)(C(F)(F)F)O[C@H]2C(=O)N=c2ccn(O)c(C(N)=O)c2)ccc(F)c1F. The number of hydrogen-bond donors (Lipinski definition) is 2. The summed E-state index contributed by atoms with van der Waals surface area (Å²) < 4.78 is 80.4. The van der Waals surface area contributed by atoms with E-state index >= 15 is 0 Å². The van der Waals surface area contributed by atoms with Crippen LogP contribution < -0.4 is 15.8 Å².